The highest BCUT2D eigenvalue weighted by molar-refractivity contribution is 7.16. The lowest BCUT2D eigenvalue weighted by atomic mass is 9.96. The predicted octanol–water partition coefficient (Wildman–Crippen LogP) is 3.75. The fourth-order valence-corrected chi connectivity index (χ4v) is 5.07. The number of nitrogens with one attached hydrogen (secondary N) is 3. The van der Waals surface area contributed by atoms with E-state index < -0.39 is 0 Å². The zero-order valence-corrected chi connectivity index (χ0v) is 19.8. The highest BCUT2D eigenvalue weighted by Gasteiger charge is 2.22. The maximum Gasteiger partial charge on any atom is 0.238 e. The molecule has 0 spiro atoms. The Hall–Kier alpha value is -3.22. The summed E-state index contributed by atoms with van der Waals surface area (Å²) in [5, 5.41) is 18.6. The molecule has 0 fully saturated rings. The van der Waals surface area contributed by atoms with Gasteiger partial charge in [-0.2, -0.15) is 5.26 Å². The number of fused-ring (bicyclic) bond motifs is 1. The zero-order valence-electron chi connectivity index (χ0n) is 19.0. The molecular weight excluding hydrogens is 438 g/mol. The van der Waals surface area contributed by atoms with Crippen molar-refractivity contribution in [3.8, 4) is 6.07 Å². The number of amides is 3. The third-order valence-corrected chi connectivity index (χ3v) is 6.70. The van der Waals surface area contributed by atoms with Crippen LogP contribution in [0, 0.1) is 11.3 Å². The van der Waals surface area contributed by atoms with Crippen LogP contribution >= 0.6 is 11.3 Å². The molecule has 1 aromatic carbocycles. The van der Waals surface area contributed by atoms with E-state index in [0.717, 1.165) is 31.2 Å². The van der Waals surface area contributed by atoms with Crippen LogP contribution in [0.5, 0.6) is 0 Å². The number of likely N-dealkylation sites (N-methyl/N-ethyl adjacent to an activating group) is 1. The number of hydrogen-bond donors (Lipinski definition) is 3. The summed E-state index contributed by atoms with van der Waals surface area (Å²) in [6.45, 7) is 4.59. The van der Waals surface area contributed by atoms with Crippen LogP contribution in [0.25, 0.3) is 0 Å². The number of anilines is 3. The van der Waals surface area contributed by atoms with Gasteiger partial charge < -0.3 is 16.0 Å². The molecule has 1 aliphatic carbocycles. The topological polar surface area (TPSA) is 114 Å². The number of benzene rings is 1. The van der Waals surface area contributed by atoms with Crippen molar-refractivity contribution in [2.75, 3.05) is 35.6 Å². The van der Waals surface area contributed by atoms with Gasteiger partial charge in [-0.15, -0.1) is 11.3 Å². The first-order chi connectivity index (χ1) is 15.9. The number of carbonyl (C=O) groups is 3. The van der Waals surface area contributed by atoms with Crippen LogP contribution in [-0.2, 0) is 27.2 Å². The summed E-state index contributed by atoms with van der Waals surface area (Å²) >= 11 is 1.52. The van der Waals surface area contributed by atoms with E-state index in [1.807, 2.05) is 11.8 Å². The van der Waals surface area contributed by atoms with Gasteiger partial charge in [0.25, 0.3) is 0 Å². The number of nitriles is 1. The van der Waals surface area contributed by atoms with Crippen molar-refractivity contribution in [2.45, 2.75) is 46.0 Å². The van der Waals surface area contributed by atoms with Gasteiger partial charge in [-0.05, 0) is 62.1 Å². The van der Waals surface area contributed by atoms with E-state index in [9.17, 15) is 19.6 Å². The number of nitrogens with zero attached hydrogens (tertiary/aromatic N) is 2. The second kappa shape index (κ2) is 11.6. The first kappa shape index (κ1) is 24.4. The zero-order chi connectivity index (χ0) is 23.8. The van der Waals surface area contributed by atoms with Crippen LogP contribution in [-0.4, -0.2) is 42.3 Å². The van der Waals surface area contributed by atoms with Gasteiger partial charge in [0.15, 0.2) is 0 Å². The summed E-state index contributed by atoms with van der Waals surface area (Å²) in [7, 11) is 0. The molecule has 33 heavy (non-hydrogen) atoms. The average Bonchev–Trinajstić information content (AvgIpc) is 3.14. The van der Waals surface area contributed by atoms with Crippen molar-refractivity contribution in [1.29, 1.82) is 5.26 Å². The molecular formula is C24H29N5O3S. The van der Waals surface area contributed by atoms with Crippen molar-refractivity contribution in [3.05, 3.63) is 40.3 Å². The second-order valence-electron chi connectivity index (χ2n) is 8.00. The van der Waals surface area contributed by atoms with Gasteiger partial charge in [0.05, 0.1) is 12.1 Å². The summed E-state index contributed by atoms with van der Waals surface area (Å²) in [5.41, 5.74) is 3.00. The Balaban J connectivity index is 1.48. The molecule has 9 heteroatoms. The van der Waals surface area contributed by atoms with Crippen LogP contribution in [0.15, 0.2) is 24.3 Å². The minimum atomic E-state index is -0.178. The number of hydrogen-bond acceptors (Lipinski definition) is 6. The molecule has 8 nitrogen and oxygen atoms in total. The van der Waals surface area contributed by atoms with Crippen molar-refractivity contribution >= 4 is 45.4 Å². The Morgan fingerprint density at radius 2 is 1.70 bits per heavy atom. The Kier molecular flexibility index (Phi) is 8.58. The van der Waals surface area contributed by atoms with Gasteiger partial charge in [-0.1, -0.05) is 6.92 Å². The molecule has 0 atom stereocenters. The standard InChI is InChI=1S/C24H29N5O3S/c1-3-29(15-23(32)27-18-10-8-17(9-11-18)26-16(2)30)13-12-22(31)28-24-20(14-25)19-6-4-5-7-21(19)33-24/h8-11H,3-7,12-13,15H2,1-2H3,(H,26,30)(H,27,32)(H,28,31). The lowest BCUT2D eigenvalue weighted by Gasteiger charge is -2.19. The van der Waals surface area contributed by atoms with Crippen molar-refractivity contribution < 1.29 is 14.4 Å². The van der Waals surface area contributed by atoms with E-state index in [-0.39, 0.29) is 30.7 Å². The van der Waals surface area contributed by atoms with Crippen LogP contribution < -0.4 is 16.0 Å². The Morgan fingerprint density at radius 3 is 2.33 bits per heavy atom. The van der Waals surface area contributed by atoms with E-state index in [0.29, 0.717) is 35.0 Å². The van der Waals surface area contributed by atoms with E-state index in [1.54, 1.807) is 24.3 Å². The van der Waals surface area contributed by atoms with Crippen molar-refractivity contribution in [1.82, 2.24) is 4.90 Å². The number of aryl methyl sites for hydroxylation is 1. The average molecular weight is 468 g/mol. The normalized spacial score (nSPS) is 12.5. The maximum atomic E-state index is 12.5. The highest BCUT2D eigenvalue weighted by atomic mass is 32.1. The molecule has 0 aliphatic heterocycles. The first-order valence-electron chi connectivity index (χ1n) is 11.1. The summed E-state index contributed by atoms with van der Waals surface area (Å²) in [6.07, 6.45) is 4.32. The van der Waals surface area contributed by atoms with Gasteiger partial charge in [0, 0.05) is 36.1 Å². The van der Waals surface area contributed by atoms with E-state index in [2.05, 4.69) is 22.0 Å². The van der Waals surface area contributed by atoms with Crippen LogP contribution in [0.3, 0.4) is 0 Å². The highest BCUT2D eigenvalue weighted by Crippen LogP contribution is 2.37. The molecule has 1 aliphatic rings. The molecule has 1 aromatic heterocycles. The first-order valence-corrected chi connectivity index (χ1v) is 12.0. The summed E-state index contributed by atoms with van der Waals surface area (Å²) in [4.78, 5) is 39.1. The van der Waals surface area contributed by atoms with Gasteiger partial charge >= 0.3 is 0 Å². The molecule has 3 amide bonds. The number of thiophene rings is 1. The lowest BCUT2D eigenvalue weighted by molar-refractivity contribution is -0.119. The molecule has 0 radical (unpaired) electrons. The second-order valence-corrected chi connectivity index (χ2v) is 9.11. The van der Waals surface area contributed by atoms with E-state index in [4.69, 9.17) is 0 Å². The van der Waals surface area contributed by atoms with Gasteiger partial charge in [-0.25, -0.2) is 0 Å². The largest absolute Gasteiger partial charge is 0.326 e. The third kappa shape index (κ3) is 6.88. The quantitative estimate of drug-likeness (QED) is 0.520. The summed E-state index contributed by atoms with van der Waals surface area (Å²) < 4.78 is 0. The monoisotopic (exact) mass is 467 g/mol. The fourth-order valence-electron chi connectivity index (χ4n) is 3.81. The van der Waals surface area contributed by atoms with Crippen molar-refractivity contribution in [2.24, 2.45) is 0 Å². The van der Waals surface area contributed by atoms with E-state index in [1.165, 1.54) is 23.1 Å². The van der Waals surface area contributed by atoms with Crippen LogP contribution in [0.1, 0.15) is 49.1 Å². The summed E-state index contributed by atoms with van der Waals surface area (Å²) in [5.74, 6) is -0.489. The van der Waals surface area contributed by atoms with Crippen LogP contribution in [0.4, 0.5) is 16.4 Å². The van der Waals surface area contributed by atoms with Gasteiger partial charge in [0.2, 0.25) is 17.7 Å². The molecule has 3 rings (SSSR count). The third-order valence-electron chi connectivity index (χ3n) is 5.49. The minimum absolute atomic E-state index is 0.155. The van der Waals surface area contributed by atoms with Gasteiger partial charge in [0.1, 0.15) is 11.1 Å². The molecule has 0 saturated heterocycles. The van der Waals surface area contributed by atoms with Crippen molar-refractivity contribution in [3.63, 3.8) is 0 Å². The molecule has 3 N–H and O–H groups in total. The summed E-state index contributed by atoms with van der Waals surface area (Å²) in [6, 6.07) is 9.14. The SMILES string of the molecule is CCN(CCC(=O)Nc1sc2c(c1C#N)CCCC2)CC(=O)Nc1ccc(NC(C)=O)cc1. The molecule has 1 heterocycles. The number of rotatable bonds is 9. The number of carbonyl (C=O) groups excluding carboxylic acids is 3. The minimum Gasteiger partial charge on any atom is -0.326 e. The smallest absolute Gasteiger partial charge is 0.238 e. The lowest BCUT2D eigenvalue weighted by Crippen LogP contribution is -2.35. The Morgan fingerprint density at radius 1 is 1.03 bits per heavy atom. The predicted molar refractivity (Wildman–Crippen MR) is 130 cm³/mol. The molecule has 0 saturated carbocycles. The van der Waals surface area contributed by atoms with E-state index >= 15 is 0 Å². The maximum absolute atomic E-state index is 12.5. The molecule has 2 aromatic rings. The molecule has 0 bridgehead atoms. The Labute approximate surface area is 198 Å². The molecule has 0 unspecified atom stereocenters. The van der Waals surface area contributed by atoms with Gasteiger partial charge in [-0.3, -0.25) is 19.3 Å². The fraction of sp³-hybridized carbons (Fsp3) is 0.417. The molecule has 174 valence electrons. The Bertz CT molecular complexity index is 1060. The van der Waals surface area contributed by atoms with Crippen LogP contribution in [0.2, 0.25) is 0 Å².